The van der Waals surface area contributed by atoms with E-state index >= 15 is 0 Å². The van der Waals surface area contributed by atoms with Gasteiger partial charge in [0.2, 0.25) is 0 Å². The Hall–Kier alpha value is -0.970. The number of ether oxygens (including phenoxy) is 2. The monoisotopic (exact) mass is 303 g/mol. The number of halogens is 2. The van der Waals surface area contributed by atoms with E-state index in [1.54, 1.807) is 24.9 Å². The molecule has 1 aromatic heterocycles. The third-order valence-electron chi connectivity index (χ3n) is 2.29. The van der Waals surface area contributed by atoms with E-state index in [2.05, 4.69) is 4.98 Å². The number of hydrogen-bond donors (Lipinski definition) is 0. The molecule has 0 spiro atoms. The van der Waals surface area contributed by atoms with Crippen LogP contribution in [0.15, 0.2) is 23.8 Å². The van der Waals surface area contributed by atoms with Crippen molar-refractivity contribution >= 4 is 34.5 Å². The second-order valence-electron chi connectivity index (χ2n) is 3.50. The van der Waals surface area contributed by atoms with Crippen molar-refractivity contribution in [2.24, 2.45) is 0 Å². The zero-order valence-electron chi connectivity index (χ0n) is 9.65. The van der Waals surface area contributed by atoms with Crippen molar-refractivity contribution in [1.29, 1.82) is 0 Å². The summed E-state index contributed by atoms with van der Waals surface area (Å²) in [5, 5.41) is 0.495. The molecule has 18 heavy (non-hydrogen) atoms. The van der Waals surface area contributed by atoms with Gasteiger partial charge in [-0.2, -0.15) is 0 Å². The molecule has 0 N–H and O–H groups in total. The van der Waals surface area contributed by atoms with Crippen molar-refractivity contribution in [3.63, 3.8) is 0 Å². The number of hydrogen-bond acceptors (Lipinski definition) is 4. The Labute approximate surface area is 119 Å². The molecule has 3 nitrogen and oxygen atoms in total. The van der Waals surface area contributed by atoms with Crippen molar-refractivity contribution in [3.05, 3.63) is 39.3 Å². The van der Waals surface area contributed by atoms with Crippen molar-refractivity contribution < 1.29 is 9.47 Å². The van der Waals surface area contributed by atoms with Crippen LogP contribution in [0.2, 0.25) is 5.02 Å². The third-order valence-corrected chi connectivity index (χ3v) is 3.63. The molecule has 0 amide bonds. The molecule has 0 aliphatic heterocycles. The predicted octanol–water partition coefficient (Wildman–Crippen LogP) is 4.12. The number of aromatic nitrogens is 1. The molecule has 2 rings (SSSR count). The summed E-state index contributed by atoms with van der Waals surface area (Å²) in [6, 6.07) is 3.60. The van der Waals surface area contributed by atoms with E-state index in [9.17, 15) is 0 Å². The molecule has 0 aliphatic carbocycles. The molecule has 2 aromatic rings. The van der Waals surface area contributed by atoms with Gasteiger partial charge >= 0.3 is 0 Å². The Morgan fingerprint density at radius 1 is 1.39 bits per heavy atom. The zero-order valence-corrected chi connectivity index (χ0v) is 12.0. The molecule has 1 heterocycles. The summed E-state index contributed by atoms with van der Waals surface area (Å²) in [5.41, 5.74) is 2.65. The Balaban J connectivity index is 2.20. The van der Waals surface area contributed by atoms with E-state index in [4.69, 9.17) is 32.7 Å². The van der Waals surface area contributed by atoms with Gasteiger partial charge in [0.25, 0.3) is 0 Å². The highest BCUT2D eigenvalue weighted by Crippen LogP contribution is 2.37. The molecule has 0 bridgehead atoms. The first-order chi connectivity index (χ1) is 8.74. The van der Waals surface area contributed by atoms with Gasteiger partial charge in [-0.25, -0.2) is 0 Å². The van der Waals surface area contributed by atoms with Crippen LogP contribution >= 0.6 is 34.5 Å². The lowest BCUT2D eigenvalue weighted by Crippen LogP contribution is -1.98. The Kier molecular flexibility index (Phi) is 4.69. The van der Waals surface area contributed by atoms with Gasteiger partial charge in [-0.3, -0.25) is 4.98 Å². The summed E-state index contributed by atoms with van der Waals surface area (Å²) in [6.45, 7) is 0.418. The predicted molar refractivity (Wildman–Crippen MR) is 74.0 cm³/mol. The smallest absolute Gasteiger partial charge is 0.180 e. The summed E-state index contributed by atoms with van der Waals surface area (Å²) >= 11 is 13.5. The highest BCUT2D eigenvalue weighted by Gasteiger charge is 2.12. The van der Waals surface area contributed by atoms with Gasteiger partial charge in [-0.1, -0.05) is 11.6 Å². The van der Waals surface area contributed by atoms with Crippen molar-refractivity contribution in [2.75, 3.05) is 7.11 Å². The molecule has 0 fully saturated rings. The Bertz CT molecular complexity index is 517. The van der Waals surface area contributed by atoms with Crippen molar-refractivity contribution in [2.45, 2.75) is 12.5 Å². The molecule has 0 radical (unpaired) electrons. The maximum Gasteiger partial charge on any atom is 0.180 e. The normalized spacial score (nSPS) is 10.4. The lowest BCUT2D eigenvalue weighted by molar-refractivity contribution is 0.287. The minimum atomic E-state index is 0.380. The van der Waals surface area contributed by atoms with Crippen LogP contribution < -0.4 is 9.47 Å². The van der Waals surface area contributed by atoms with Crippen LogP contribution in [0.5, 0.6) is 11.5 Å². The molecule has 0 atom stereocenters. The number of rotatable bonds is 5. The molecule has 0 unspecified atom stereocenters. The van der Waals surface area contributed by atoms with Gasteiger partial charge in [0.05, 0.1) is 22.5 Å². The van der Waals surface area contributed by atoms with E-state index in [1.807, 2.05) is 6.07 Å². The van der Waals surface area contributed by atoms with E-state index in [0.717, 1.165) is 10.4 Å². The fourth-order valence-corrected chi connectivity index (χ4v) is 2.40. The lowest BCUT2D eigenvalue weighted by atomic mass is 10.2. The zero-order chi connectivity index (χ0) is 13.0. The molecule has 6 heteroatoms. The van der Waals surface area contributed by atoms with Crippen molar-refractivity contribution in [3.8, 4) is 11.5 Å². The van der Waals surface area contributed by atoms with Crippen LogP contribution in [0.4, 0.5) is 0 Å². The van der Waals surface area contributed by atoms with Crippen LogP contribution in [-0.2, 0) is 12.5 Å². The topological polar surface area (TPSA) is 31.4 Å². The fraction of sp³-hybridized carbons (Fsp3) is 0.250. The first kappa shape index (κ1) is 13.5. The van der Waals surface area contributed by atoms with E-state index in [0.29, 0.717) is 29.0 Å². The van der Waals surface area contributed by atoms with Crippen LogP contribution in [0, 0.1) is 0 Å². The number of benzene rings is 1. The van der Waals surface area contributed by atoms with Gasteiger partial charge in [0, 0.05) is 12.1 Å². The second-order valence-corrected chi connectivity index (χ2v) is 5.14. The van der Waals surface area contributed by atoms with Gasteiger partial charge in [-0.05, 0) is 17.7 Å². The lowest BCUT2D eigenvalue weighted by Gasteiger charge is -2.12. The number of thiazole rings is 1. The van der Waals surface area contributed by atoms with Crippen LogP contribution in [0.3, 0.4) is 0 Å². The molecular formula is C12H11Cl2NO2S. The number of alkyl halides is 1. The van der Waals surface area contributed by atoms with E-state index in [1.165, 1.54) is 11.3 Å². The minimum absolute atomic E-state index is 0.380. The summed E-state index contributed by atoms with van der Waals surface area (Å²) in [7, 11) is 1.57. The Morgan fingerprint density at radius 2 is 2.22 bits per heavy atom. The highest BCUT2D eigenvalue weighted by atomic mass is 35.5. The molecule has 96 valence electrons. The van der Waals surface area contributed by atoms with Crippen LogP contribution in [-0.4, -0.2) is 12.1 Å². The van der Waals surface area contributed by atoms with Crippen LogP contribution in [0.25, 0.3) is 0 Å². The Morgan fingerprint density at radius 3 is 2.83 bits per heavy atom. The second kappa shape index (κ2) is 6.27. The third kappa shape index (κ3) is 3.07. The quantitative estimate of drug-likeness (QED) is 0.779. The molecule has 0 aliphatic rings. The first-order valence-electron chi connectivity index (χ1n) is 5.17. The summed E-state index contributed by atoms with van der Waals surface area (Å²) in [6.07, 6.45) is 1.76. The van der Waals surface area contributed by atoms with Crippen molar-refractivity contribution in [1.82, 2.24) is 4.98 Å². The minimum Gasteiger partial charge on any atom is -0.493 e. The van der Waals surface area contributed by atoms with E-state index in [-0.39, 0.29) is 0 Å². The fourth-order valence-electron chi connectivity index (χ4n) is 1.45. The largest absolute Gasteiger partial charge is 0.493 e. The molecule has 0 saturated heterocycles. The molecular weight excluding hydrogens is 293 g/mol. The maximum absolute atomic E-state index is 6.16. The SMILES string of the molecule is COc1cc(CCl)cc(Cl)c1OCc1cncs1. The van der Waals surface area contributed by atoms with Gasteiger partial charge in [0.1, 0.15) is 6.61 Å². The summed E-state index contributed by atoms with van der Waals surface area (Å²) in [5.74, 6) is 1.50. The number of nitrogens with zero attached hydrogens (tertiary/aromatic N) is 1. The van der Waals surface area contributed by atoms with Gasteiger partial charge < -0.3 is 9.47 Å². The highest BCUT2D eigenvalue weighted by molar-refractivity contribution is 7.09. The first-order valence-corrected chi connectivity index (χ1v) is 6.96. The van der Waals surface area contributed by atoms with E-state index < -0.39 is 0 Å². The standard InChI is InChI=1S/C12H11Cl2NO2S/c1-16-11-3-8(4-13)2-10(14)12(11)17-6-9-5-15-7-18-9/h2-3,5,7H,4,6H2,1H3. The summed E-state index contributed by atoms with van der Waals surface area (Å²) in [4.78, 5) is 5.01. The molecule has 0 saturated carbocycles. The van der Waals surface area contributed by atoms with Crippen LogP contribution in [0.1, 0.15) is 10.4 Å². The van der Waals surface area contributed by atoms with Gasteiger partial charge in [0.15, 0.2) is 11.5 Å². The number of methoxy groups -OCH3 is 1. The average Bonchev–Trinajstić information content (AvgIpc) is 2.89. The maximum atomic E-state index is 6.16. The average molecular weight is 304 g/mol. The molecule has 1 aromatic carbocycles. The summed E-state index contributed by atoms with van der Waals surface area (Å²) < 4.78 is 10.9. The van der Waals surface area contributed by atoms with Gasteiger partial charge in [-0.15, -0.1) is 22.9 Å².